The number of para-hydroxylation sites is 1. The van der Waals surface area contributed by atoms with Crippen LogP contribution < -0.4 is 10.5 Å². The predicted molar refractivity (Wildman–Crippen MR) is 128 cm³/mol. The largest absolute Gasteiger partial charge is 0.340 e. The lowest BCUT2D eigenvalue weighted by Gasteiger charge is -2.26. The lowest BCUT2D eigenvalue weighted by Crippen LogP contribution is -2.33. The lowest BCUT2D eigenvalue weighted by molar-refractivity contribution is -0.116. The van der Waals surface area contributed by atoms with Gasteiger partial charge in [0.25, 0.3) is 5.56 Å². The zero-order valence-corrected chi connectivity index (χ0v) is 18.8. The molecule has 0 radical (unpaired) electrons. The first kappa shape index (κ1) is 21.2. The van der Waals surface area contributed by atoms with Crippen molar-refractivity contribution in [3.8, 4) is 5.69 Å². The summed E-state index contributed by atoms with van der Waals surface area (Å²) in [5, 5.41) is 5.04. The van der Waals surface area contributed by atoms with Crippen LogP contribution in [0, 0.1) is 0 Å². The number of nitrogens with zero attached hydrogens (tertiary/aromatic N) is 7. The molecule has 1 aliphatic heterocycles. The van der Waals surface area contributed by atoms with E-state index in [1.807, 2.05) is 35.2 Å². The average Bonchev–Trinajstić information content (AvgIpc) is 3.52. The molecule has 1 aliphatic rings. The molecule has 166 valence electrons. The van der Waals surface area contributed by atoms with Crippen LogP contribution in [0.25, 0.3) is 22.4 Å². The minimum absolute atomic E-state index is 0. The third-order valence-electron chi connectivity index (χ3n) is 5.59. The third kappa shape index (κ3) is 3.28. The Morgan fingerprint density at radius 1 is 1.06 bits per heavy atom. The summed E-state index contributed by atoms with van der Waals surface area (Å²) in [5.41, 5.74) is 1.70. The van der Waals surface area contributed by atoms with Crippen molar-refractivity contribution in [2.24, 2.45) is 0 Å². The van der Waals surface area contributed by atoms with Crippen LogP contribution in [-0.2, 0) is 4.79 Å². The number of H-pyrrole nitrogens is 1. The Balaban J connectivity index is 0.00000228. The van der Waals surface area contributed by atoms with Crippen molar-refractivity contribution in [2.75, 3.05) is 11.4 Å². The minimum atomic E-state index is -0.526. The van der Waals surface area contributed by atoms with Gasteiger partial charge in [-0.1, -0.05) is 29.8 Å². The van der Waals surface area contributed by atoms with Crippen LogP contribution in [0.3, 0.4) is 0 Å². The van der Waals surface area contributed by atoms with E-state index in [4.69, 9.17) is 16.7 Å². The molecule has 0 saturated carbocycles. The number of hydrogen-bond acceptors (Lipinski definition) is 7. The van der Waals surface area contributed by atoms with Crippen molar-refractivity contribution in [1.29, 1.82) is 0 Å². The molecule has 33 heavy (non-hydrogen) atoms. The number of carbonyl (C=O) groups is 1. The van der Waals surface area contributed by atoms with Gasteiger partial charge in [-0.15, -0.1) is 0 Å². The maximum absolute atomic E-state index is 13.6. The second-order valence-corrected chi connectivity index (χ2v) is 7.88. The molecule has 5 heterocycles. The smallest absolute Gasteiger partial charge is 0.284 e. The summed E-state index contributed by atoms with van der Waals surface area (Å²) in [7, 11) is 0. The number of carbonyl (C=O) groups excluding carboxylic acids is 1. The number of aromatic amines is 1. The molecular formula is C21H17ClN8O2S. The van der Waals surface area contributed by atoms with Gasteiger partial charge in [-0.05, 0) is 18.2 Å². The van der Waals surface area contributed by atoms with Crippen molar-refractivity contribution in [3.05, 3.63) is 76.5 Å². The van der Waals surface area contributed by atoms with Crippen molar-refractivity contribution in [2.45, 2.75) is 12.5 Å². The highest BCUT2D eigenvalue weighted by Gasteiger charge is 2.38. The fourth-order valence-electron chi connectivity index (χ4n) is 4.20. The van der Waals surface area contributed by atoms with Gasteiger partial charge in [0, 0.05) is 12.6 Å². The van der Waals surface area contributed by atoms with Crippen LogP contribution in [0.2, 0.25) is 5.02 Å². The van der Waals surface area contributed by atoms with Crippen LogP contribution in [0.1, 0.15) is 18.3 Å². The molecule has 0 spiro atoms. The van der Waals surface area contributed by atoms with Gasteiger partial charge in [-0.3, -0.25) is 14.2 Å². The van der Waals surface area contributed by atoms with Crippen LogP contribution >= 0.6 is 25.1 Å². The first-order valence-electron chi connectivity index (χ1n) is 9.89. The van der Waals surface area contributed by atoms with Crippen LogP contribution in [0.5, 0.6) is 0 Å². The second-order valence-electron chi connectivity index (χ2n) is 7.48. The number of anilines is 1. The first-order chi connectivity index (χ1) is 15.6. The summed E-state index contributed by atoms with van der Waals surface area (Å²) >= 11 is 6.28. The highest BCUT2D eigenvalue weighted by molar-refractivity contribution is 7.59. The van der Waals surface area contributed by atoms with Gasteiger partial charge in [0.1, 0.15) is 17.4 Å². The van der Waals surface area contributed by atoms with E-state index in [1.54, 1.807) is 12.3 Å². The van der Waals surface area contributed by atoms with Crippen molar-refractivity contribution < 1.29 is 4.79 Å². The fourth-order valence-corrected chi connectivity index (χ4v) is 4.43. The molecule has 0 aliphatic carbocycles. The number of benzene rings is 1. The molecule has 5 aromatic rings. The molecule has 0 bridgehead atoms. The van der Waals surface area contributed by atoms with Gasteiger partial charge in [0.15, 0.2) is 23.1 Å². The van der Waals surface area contributed by atoms with Crippen LogP contribution in [-0.4, -0.2) is 46.4 Å². The molecule has 6 rings (SSSR count). The Bertz CT molecular complexity index is 1560. The standard InChI is InChI=1S/C21H15ClN8O2.H2S/c22-14-6-7-29-17(14)21(32)30(12-4-2-1-3-5-12)19(27-29)15-8-13(31)9-28(15)20-16-18(24-10-23-16)25-11-26-20;/h1-7,10-11,15H,8-9H2,(H,23,24,25,26);1H2/t15-;/m0./s1. The Labute approximate surface area is 198 Å². The lowest BCUT2D eigenvalue weighted by atomic mass is 10.2. The predicted octanol–water partition coefficient (Wildman–Crippen LogP) is 2.44. The zero-order valence-electron chi connectivity index (χ0n) is 17.0. The number of nitrogens with one attached hydrogen (secondary N) is 1. The Hall–Kier alpha value is -3.70. The Kier molecular flexibility index (Phi) is 5.14. The van der Waals surface area contributed by atoms with Crippen molar-refractivity contribution >= 4 is 53.4 Å². The molecular weight excluding hydrogens is 464 g/mol. The van der Waals surface area contributed by atoms with Crippen LogP contribution in [0.4, 0.5) is 5.82 Å². The number of Topliss-reactive ketones (excluding diaryl/α,β-unsaturated/α-hetero) is 1. The molecule has 1 atom stereocenters. The van der Waals surface area contributed by atoms with E-state index in [1.165, 1.54) is 21.7 Å². The van der Waals surface area contributed by atoms with Gasteiger partial charge in [0.2, 0.25) is 0 Å². The van der Waals surface area contributed by atoms with Gasteiger partial charge < -0.3 is 9.88 Å². The van der Waals surface area contributed by atoms with Crippen molar-refractivity contribution in [1.82, 2.24) is 34.1 Å². The normalized spacial score (nSPS) is 16.0. The van der Waals surface area contributed by atoms with E-state index in [-0.39, 0.29) is 43.3 Å². The quantitative estimate of drug-likeness (QED) is 0.421. The van der Waals surface area contributed by atoms with E-state index < -0.39 is 6.04 Å². The molecule has 12 heteroatoms. The van der Waals surface area contributed by atoms with Gasteiger partial charge in [0.05, 0.1) is 29.6 Å². The summed E-state index contributed by atoms with van der Waals surface area (Å²) in [5.74, 6) is 0.960. The Morgan fingerprint density at radius 3 is 2.70 bits per heavy atom. The summed E-state index contributed by atoms with van der Waals surface area (Å²) in [6.45, 7) is 0.130. The third-order valence-corrected chi connectivity index (χ3v) is 5.90. The number of ketones is 1. The fraction of sp³-hybridized carbons (Fsp3) is 0.143. The SMILES string of the molecule is O=C1C[C@@H](c2nn3ccc(Cl)c3c(=O)n2-c2ccccc2)N(c2ncnc3nc[nH]c23)C1.S. The summed E-state index contributed by atoms with van der Waals surface area (Å²) < 4.78 is 2.98. The average molecular weight is 481 g/mol. The number of hydrogen-bond donors (Lipinski definition) is 1. The molecule has 1 fully saturated rings. The molecule has 0 unspecified atom stereocenters. The maximum Gasteiger partial charge on any atom is 0.284 e. The Morgan fingerprint density at radius 2 is 1.88 bits per heavy atom. The van der Waals surface area contributed by atoms with E-state index in [2.05, 4.69) is 19.9 Å². The number of fused-ring (bicyclic) bond motifs is 2. The summed E-state index contributed by atoms with van der Waals surface area (Å²) in [6.07, 6.45) is 4.75. The van der Waals surface area contributed by atoms with Gasteiger partial charge in [-0.2, -0.15) is 18.6 Å². The number of imidazole rings is 1. The van der Waals surface area contributed by atoms with E-state index in [0.717, 1.165) is 0 Å². The second kappa shape index (κ2) is 8.01. The van der Waals surface area contributed by atoms with E-state index in [0.29, 0.717) is 33.5 Å². The summed E-state index contributed by atoms with van der Waals surface area (Å²) in [6, 6.07) is 10.3. The number of halogens is 1. The number of aromatic nitrogens is 7. The van der Waals surface area contributed by atoms with Crippen LogP contribution in [0.15, 0.2) is 60.0 Å². The monoisotopic (exact) mass is 480 g/mol. The van der Waals surface area contributed by atoms with Crippen molar-refractivity contribution in [3.63, 3.8) is 0 Å². The molecule has 1 N–H and O–H groups in total. The minimum Gasteiger partial charge on any atom is -0.340 e. The van der Waals surface area contributed by atoms with Gasteiger partial charge in [-0.25, -0.2) is 19.5 Å². The molecule has 1 aromatic carbocycles. The molecule has 4 aromatic heterocycles. The topological polar surface area (TPSA) is 114 Å². The van der Waals surface area contributed by atoms with Gasteiger partial charge >= 0.3 is 0 Å². The maximum atomic E-state index is 13.6. The van der Waals surface area contributed by atoms with E-state index in [9.17, 15) is 9.59 Å². The highest BCUT2D eigenvalue weighted by atomic mass is 35.5. The summed E-state index contributed by atoms with van der Waals surface area (Å²) in [4.78, 5) is 43.8. The number of rotatable bonds is 3. The molecule has 10 nitrogen and oxygen atoms in total. The highest BCUT2D eigenvalue weighted by Crippen LogP contribution is 2.35. The molecule has 0 amide bonds. The van der Waals surface area contributed by atoms with E-state index >= 15 is 0 Å². The molecule has 1 saturated heterocycles. The zero-order chi connectivity index (χ0) is 21.8. The first-order valence-corrected chi connectivity index (χ1v) is 10.3.